The van der Waals surface area contributed by atoms with Gasteiger partial charge in [-0.2, -0.15) is 8.42 Å². The van der Waals surface area contributed by atoms with Gasteiger partial charge in [0.15, 0.2) is 0 Å². The van der Waals surface area contributed by atoms with Gasteiger partial charge in [0.05, 0.1) is 6.26 Å². The van der Waals surface area contributed by atoms with Gasteiger partial charge in [-0.1, -0.05) is 126 Å². The summed E-state index contributed by atoms with van der Waals surface area (Å²) in [6.45, 7) is 21.5. The molecular formula is C42H59NO3PPdS. The molecule has 49 heavy (non-hydrogen) atoms. The predicted molar refractivity (Wildman–Crippen MR) is 213 cm³/mol. The Bertz CT molecular complexity index is 1650. The summed E-state index contributed by atoms with van der Waals surface area (Å²) in [6.07, 6.45) is 7.85. The summed E-state index contributed by atoms with van der Waals surface area (Å²) in [7, 11) is -4.01. The molecule has 0 fully saturated rings. The van der Waals surface area contributed by atoms with E-state index in [4.69, 9.17) is 10.3 Å². The second-order valence-corrected chi connectivity index (χ2v) is 20.6. The number of benzene rings is 4. The van der Waals surface area contributed by atoms with Gasteiger partial charge < -0.3 is 0 Å². The van der Waals surface area contributed by atoms with Crippen molar-refractivity contribution in [1.82, 2.24) is 0 Å². The second-order valence-electron chi connectivity index (χ2n) is 14.5. The fourth-order valence-electron chi connectivity index (χ4n) is 6.56. The van der Waals surface area contributed by atoms with Crippen molar-refractivity contribution < 1.29 is 32.2 Å². The molecule has 0 heterocycles. The summed E-state index contributed by atoms with van der Waals surface area (Å²) >= 11 is 3.23. The molecule has 0 atom stereocenters. The van der Waals surface area contributed by atoms with Gasteiger partial charge in [-0.25, -0.2) is 0 Å². The monoisotopic (exact) mass is 794 g/mol. The van der Waals surface area contributed by atoms with Crippen molar-refractivity contribution in [2.75, 3.05) is 12.0 Å². The average Bonchev–Trinajstić information content (AvgIpc) is 2.97. The van der Waals surface area contributed by atoms with Gasteiger partial charge in [-0.3, -0.25) is 4.55 Å². The topological polar surface area (TPSA) is 80.4 Å². The van der Waals surface area contributed by atoms with E-state index in [0.717, 1.165) is 20.9 Å². The standard InChI is InChI=1S/C29H45P.C12H10N.CH4O3S.Pd/c1-10-15-22-20-23(16-11-2)27(24(21-22)17-12-3)25-18-13-14-19-26(25)30(28(4,5)6)29(7,8)9;13-12-9-5-4-8-11(12)10-6-2-1-3-7-10;1-5(2,3)4;/h13-14,18-21H,10-12,15-17H2,1-9H3;1-6,8-9H,13H2;1H3,(H,2,3,4);. The summed E-state index contributed by atoms with van der Waals surface area (Å²) in [4.78, 5) is 0. The molecule has 0 aliphatic rings. The van der Waals surface area contributed by atoms with Gasteiger partial charge >= 0.3 is 94.3 Å². The van der Waals surface area contributed by atoms with Crippen LogP contribution in [-0.4, -0.2) is 29.5 Å². The third-order valence-corrected chi connectivity index (χ3v) is 12.0. The third-order valence-electron chi connectivity index (χ3n) is 7.79. The summed E-state index contributed by atoms with van der Waals surface area (Å²) in [6, 6.07) is 30.4. The van der Waals surface area contributed by atoms with Crippen molar-refractivity contribution in [2.45, 2.75) is 111 Å². The molecule has 0 radical (unpaired) electrons. The van der Waals surface area contributed by atoms with Crippen LogP contribution < -0.4 is 15.1 Å². The van der Waals surface area contributed by atoms with Crippen molar-refractivity contribution in [1.29, 1.82) is 0 Å². The zero-order valence-corrected chi connectivity index (χ0v) is 34.6. The van der Waals surface area contributed by atoms with Crippen molar-refractivity contribution in [3.63, 3.8) is 0 Å². The van der Waals surface area contributed by atoms with Crippen LogP contribution in [0.15, 0.2) is 84.9 Å². The van der Waals surface area contributed by atoms with Crippen LogP contribution in [0.2, 0.25) is 0 Å². The number of para-hydroxylation sites is 1. The third kappa shape index (κ3) is 13.7. The first-order valence-corrected chi connectivity index (χ1v) is 21.3. The van der Waals surface area contributed by atoms with Crippen LogP contribution in [0.1, 0.15) is 98.3 Å². The maximum atomic E-state index is 9.19. The van der Waals surface area contributed by atoms with Crippen LogP contribution in [0, 0.1) is 0 Å². The second kappa shape index (κ2) is 19.3. The summed E-state index contributed by atoms with van der Waals surface area (Å²) in [5, 5.41) is 2.12. The van der Waals surface area contributed by atoms with Gasteiger partial charge in [0, 0.05) is 0 Å². The number of aryl methyl sites for hydroxylation is 3. The first kappa shape index (κ1) is 42.8. The quantitative estimate of drug-likeness (QED) is 0.0765. The Kier molecular flexibility index (Phi) is 16.9. The SMILES string of the molecule is CCCc1cc(CCC)c(-c2ccccc2P(C(C)(C)C)C(C)(C)C)c(CCC)c1.CS(=O)(=O)O.Nc1ccccc1-c1cccc[c]1[Pd]. The summed E-state index contributed by atoms with van der Waals surface area (Å²) in [5.74, 6) is 0. The predicted octanol–water partition coefficient (Wildman–Crippen LogP) is 10.5. The Morgan fingerprint density at radius 2 is 1.08 bits per heavy atom. The fourth-order valence-corrected chi connectivity index (χ4v) is 11.2. The molecule has 4 aromatic rings. The number of hydrogen-bond acceptors (Lipinski definition) is 3. The Balaban J connectivity index is 0.000000359. The van der Waals surface area contributed by atoms with Crippen LogP contribution >= 0.6 is 7.92 Å². The molecule has 0 unspecified atom stereocenters. The Morgan fingerprint density at radius 3 is 1.51 bits per heavy atom. The molecule has 0 aliphatic heterocycles. The van der Waals surface area contributed by atoms with E-state index in [1.54, 1.807) is 22.0 Å². The van der Waals surface area contributed by atoms with E-state index >= 15 is 0 Å². The van der Waals surface area contributed by atoms with Gasteiger partial charge in [0.25, 0.3) is 10.1 Å². The summed E-state index contributed by atoms with van der Waals surface area (Å²) < 4.78 is 27.0. The Hall–Kier alpha value is -2.32. The zero-order chi connectivity index (χ0) is 37.0. The van der Waals surface area contributed by atoms with E-state index in [2.05, 4.69) is 124 Å². The van der Waals surface area contributed by atoms with Gasteiger partial charge in [0.1, 0.15) is 0 Å². The number of rotatable bonds is 9. The normalized spacial score (nSPS) is 11.8. The molecular weight excluding hydrogens is 736 g/mol. The molecule has 4 rings (SSSR count). The van der Waals surface area contributed by atoms with E-state index in [-0.39, 0.29) is 18.2 Å². The van der Waals surface area contributed by atoms with Gasteiger partial charge in [0.2, 0.25) is 0 Å². The first-order chi connectivity index (χ1) is 22.8. The molecule has 271 valence electrons. The van der Waals surface area contributed by atoms with Crippen molar-refractivity contribution in [3.8, 4) is 22.3 Å². The number of hydrogen-bond donors (Lipinski definition) is 2. The number of anilines is 1. The van der Waals surface area contributed by atoms with E-state index in [0.29, 0.717) is 6.26 Å². The molecule has 3 N–H and O–H groups in total. The van der Waals surface area contributed by atoms with Crippen molar-refractivity contribution in [2.24, 2.45) is 0 Å². The van der Waals surface area contributed by atoms with Crippen LogP contribution in [-0.2, 0) is 48.6 Å². The molecule has 4 nitrogen and oxygen atoms in total. The Labute approximate surface area is 310 Å². The number of nitrogens with two attached hydrogens (primary N) is 1. The van der Waals surface area contributed by atoms with Gasteiger partial charge in [-0.05, 0) is 62.7 Å². The fraction of sp³-hybridized carbons (Fsp3) is 0.429. The van der Waals surface area contributed by atoms with E-state index in [9.17, 15) is 8.42 Å². The van der Waals surface area contributed by atoms with Crippen LogP contribution in [0.4, 0.5) is 5.69 Å². The average molecular weight is 795 g/mol. The van der Waals surface area contributed by atoms with E-state index in [1.165, 1.54) is 49.7 Å². The van der Waals surface area contributed by atoms with Crippen LogP contribution in [0.3, 0.4) is 0 Å². The summed E-state index contributed by atoms with van der Waals surface area (Å²) in [5.41, 5.74) is 16.7. The zero-order valence-electron chi connectivity index (χ0n) is 31.3. The van der Waals surface area contributed by atoms with Crippen molar-refractivity contribution in [3.05, 3.63) is 102 Å². The minimum absolute atomic E-state index is 0.266. The minimum atomic E-state index is -3.67. The van der Waals surface area contributed by atoms with Crippen molar-refractivity contribution >= 4 is 33.1 Å². The Morgan fingerprint density at radius 1 is 0.673 bits per heavy atom. The molecule has 0 saturated carbocycles. The molecule has 4 aromatic carbocycles. The van der Waals surface area contributed by atoms with E-state index in [1.807, 2.05) is 42.5 Å². The molecule has 0 aliphatic carbocycles. The molecule has 0 spiro atoms. The van der Waals surface area contributed by atoms with Crippen LogP contribution in [0.25, 0.3) is 22.3 Å². The molecule has 0 bridgehead atoms. The molecule has 7 heteroatoms. The molecule has 0 saturated heterocycles. The van der Waals surface area contributed by atoms with Gasteiger partial charge in [-0.15, -0.1) is 0 Å². The number of nitrogen functional groups attached to an aromatic ring is 1. The first-order valence-electron chi connectivity index (χ1n) is 17.4. The van der Waals surface area contributed by atoms with Crippen LogP contribution in [0.5, 0.6) is 0 Å². The molecule has 0 amide bonds. The molecule has 0 aromatic heterocycles. The maximum absolute atomic E-state index is 9.19. The van der Waals surface area contributed by atoms with E-state index < -0.39 is 10.1 Å².